The van der Waals surface area contributed by atoms with Crippen molar-refractivity contribution in [2.45, 2.75) is 49.9 Å². The number of para-hydroxylation sites is 1. The van der Waals surface area contributed by atoms with Crippen LogP contribution >= 0.6 is 0 Å². The van der Waals surface area contributed by atoms with E-state index >= 15 is 0 Å². The molecule has 154 valence electrons. The Morgan fingerprint density at radius 3 is 2.83 bits per heavy atom. The number of piperidine rings is 1. The first kappa shape index (κ1) is 18.6. The van der Waals surface area contributed by atoms with Crippen molar-refractivity contribution < 1.29 is 24.2 Å². The van der Waals surface area contributed by atoms with Crippen LogP contribution < -0.4 is 5.32 Å². The van der Waals surface area contributed by atoms with Crippen molar-refractivity contribution in [2.24, 2.45) is 5.92 Å². The minimum atomic E-state index is -1.37. The van der Waals surface area contributed by atoms with Gasteiger partial charge in [-0.3, -0.25) is 9.69 Å². The van der Waals surface area contributed by atoms with Gasteiger partial charge in [-0.2, -0.15) is 0 Å². The standard InChI is InChI=1S/C22H26N2O5/c1-12(29-13(2)25)22(27)11-24-9-8-21-14-6-4-5-7-16(14)23-19(21)18(20(26)28-3)15(22)10-17(21)24/h4-7,12,15,17,23,27H,8-11H2,1-3H3/t12-,15+,17-,21?,22+/m0/s1. The fraction of sp³-hybridized carbons (Fsp3) is 0.545. The van der Waals surface area contributed by atoms with Crippen molar-refractivity contribution in [1.82, 2.24) is 4.90 Å². The SMILES string of the molecule is COC(=O)C1=C2Nc3ccccc3C23CCN2C[C@@](O)([C@H](C)OC(C)=O)[C@@H]1C[C@H]23. The highest BCUT2D eigenvalue weighted by atomic mass is 16.6. The molecule has 2 N–H and O–H groups in total. The lowest BCUT2D eigenvalue weighted by atomic mass is 9.58. The van der Waals surface area contributed by atoms with E-state index in [0.29, 0.717) is 18.5 Å². The number of hydrogen-bond acceptors (Lipinski definition) is 7. The third-order valence-electron chi connectivity index (χ3n) is 7.51. The molecule has 7 nitrogen and oxygen atoms in total. The number of carbonyl (C=O) groups excluding carboxylic acids is 2. The van der Waals surface area contributed by atoms with Gasteiger partial charge in [-0.1, -0.05) is 18.2 Å². The molecular formula is C22H26N2O5. The van der Waals surface area contributed by atoms with Crippen LogP contribution in [0.3, 0.4) is 0 Å². The normalized spacial score (nSPS) is 35.4. The molecular weight excluding hydrogens is 372 g/mol. The van der Waals surface area contributed by atoms with Gasteiger partial charge in [0.15, 0.2) is 0 Å². The second kappa shape index (κ2) is 6.06. The van der Waals surface area contributed by atoms with Gasteiger partial charge in [0.1, 0.15) is 11.7 Å². The van der Waals surface area contributed by atoms with Crippen LogP contribution in [0.1, 0.15) is 32.3 Å². The second-order valence-corrected chi connectivity index (χ2v) is 8.69. The van der Waals surface area contributed by atoms with E-state index in [-0.39, 0.29) is 11.5 Å². The summed E-state index contributed by atoms with van der Waals surface area (Å²) in [5, 5.41) is 15.3. The molecule has 1 aromatic carbocycles. The van der Waals surface area contributed by atoms with E-state index in [4.69, 9.17) is 9.47 Å². The molecule has 0 radical (unpaired) electrons. The van der Waals surface area contributed by atoms with Gasteiger partial charge in [-0.15, -0.1) is 0 Å². The van der Waals surface area contributed by atoms with Crippen LogP contribution in [0, 0.1) is 5.92 Å². The van der Waals surface area contributed by atoms with E-state index < -0.39 is 29.6 Å². The topological polar surface area (TPSA) is 88.1 Å². The maximum absolute atomic E-state index is 13.0. The smallest absolute Gasteiger partial charge is 0.335 e. The number of rotatable bonds is 3. The molecule has 7 heteroatoms. The fourth-order valence-electron chi connectivity index (χ4n) is 6.29. The summed E-state index contributed by atoms with van der Waals surface area (Å²) < 4.78 is 10.6. The van der Waals surface area contributed by atoms with Gasteiger partial charge in [0.2, 0.25) is 0 Å². The Morgan fingerprint density at radius 1 is 1.34 bits per heavy atom. The second-order valence-electron chi connectivity index (χ2n) is 8.69. The highest BCUT2D eigenvalue weighted by Crippen LogP contribution is 2.62. The lowest BCUT2D eigenvalue weighted by Gasteiger charge is -2.55. The Kier molecular flexibility index (Phi) is 3.89. The minimum absolute atomic E-state index is 0.178. The predicted octanol–water partition coefficient (Wildman–Crippen LogP) is 1.57. The average molecular weight is 398 g/mol. The van der Waals surface area contributed by atoms with Crippen LogP contribution in [-0.4, -0.2) is 59.9 Å². The van der Waals surface area contributed by atoms with Crippen LogP contribution in [0.4, 0.5) is 5.69 Å². The average Bonchev–Trinajstić information content (AvgIpc) is 3.24. The quantitative estimate of drug-likeness (QED) is 0.747. The molecule has 3 aliphatic heterocycles. The van der Waals surface area contributed by atoms with Gasteiger partial charge in [0.25, 0.3) is 0 Å². The number of anilines is 1. The van der Waals surface area contributed by atoms with Crippen molar-refractivity contribution in [3.8, 4) is 0 Å². The molecule has 1 unspecified atom stereocenters. The molecule has 2 fully saturated rings. The molecule has 0 aromatic heterocycles. The molecule has 2 saturated heterocycles. The van der Waals surface area contributed by atoms with Crippen molar-refractivity contribution in [3.63, 3.8) is 0 Å². The van der Waals surface area contributed by atoms with Crippen molar-refractivity contribution >= 4 is 17.6 Å². The summed E-state index contributed by atoms with van der Waals surface area (Å²) in [5.74, 6) is -1.36. The summed E-state index contributed by atoms with van der Waals surface area (Å²) in [5.41, 5.74) is 1.90. The summed E-state index contributed by atoms with van der Waals surface area (Å²) in [6, 6.07) is 8.36. The van der Waals surface area contributed by atoms with Crippen LogP contribution in [0.5, 0.6) is 0 Å². The largest absolute Gasteiger partial charge is 0.466 e. The van der Waals surface area contributed by atoms with Gasteiger partial charge in [-0.05, 0) is 37.9 Å². The number of ether oxygens (including phenoxy) is 2. The molecule has 1 aliphatic carbocycles. The highest BCUT2D eigenvalue weighted by Gasteiger charge is 2.67. The first-order valence-corrected chi connectivity index (χ1v) is 10.2. The van der Waals surface area contributed by atoms with Crippen LogP contribution in [0.25, 0.3) is 0 Å². The highest BCUT2D eigenvalue weighted by molar-refractivity contribution is 5.94. The maximum Gasteiger partial charge on any atom is 0.335 e. The summed E-state index contributed by atoms with van der Waals surface area (Å²) in [7, 11) is 1.37. The molecule has 0 saturated carbocycles. The zero-order chi connectivity index (χ0) is 20.6. The van der Waals surface area contributed by atoms with E-state index in [2.05, 4.69) is 16.3 Å². The Balaban J connectivity index is 1.73. The van der Waals surface area contributed by atoms with Crippen LogP contribution in [-0.2, 0) is 24.5 Å². The van der Waals surface area contributed by atoms with E-state index in [1.165, 1.54) is 19.6 Å². The Bertz CT molecular complexity index is 943. The van der Waals surface area contributed by atoms with Crippen LogP contribution in [0.2, 0.25) is 0 Å². The Morgan fingerprint density at radius 2 is 2.10 bits per heavy atom. The Labute approximate surface area is 169 Å². The van der Waals surface area contributed by atoms with Crippen molar-refractivity contribution in [2.75, 3.05) is 25.5 Å². The number of nitrogens with one attached hydrogen (secondary N) is 1. The predicted molar refractivity (Wildman–Crippen MR) is 105 cm³/mol. The van der Waals surface area contributed by atoms with Gasteiger partial charge < -0.3 is 19.9 Å². The molecule has 2 bridgehead atoms. The van der Waals surface area contributed by atoms with Crippen molar-refractivity contribution in [1.29, 1.82) is 0 Å². The third kappa shape index (κ3) is 2.25. The summed E-state index contributed by atoms with van der Waals surface area (Å²) in [6.45, 7) is 4.20. The molecule has 5 rings (SSSR count). The van der Waals surface area contributed by atoms with E-state index in [1.54, 1.807) is 6.92 Å². The number of aliphatic hydroxyl groups is 1. The number of nitrogens with zero attached hydrogens (tertiary/aromatic N) is 1. The van der Waals surface area contributed by atoms with Crippen molar-refractivity contribution in [3.05, 3.63) is 41.1 Å². The van der Waals surface area contributed by atoms with E-state index in [0.717, 1.165) is 24.4 Å². The van der Waals surface area contributed by atoms with Gasteiger partial charge >= 0.3 is 11.9 Å². The minimum Gasteiger partial charge on any atom is -0.466 e. The molecule has 0 amide bonds. The first-order chi connectivity index (χ1) is 13.8. The number of benzene rings is 1. The lowest BCUT2D eigenvalue weighted by Crippen LogP contribution is -2.67. The van der Waals surface area contributed by atoms with E-state index in [9.17, 15) is 14.7 Å². The van der Waals surface area contributed by atoms with Gasteiger partial charge in [0, 0.05) is 36.8 Å². The fourth-order valence-corrected chi connectivity index (χ4v) is 6.29. The number of carbonyl (C=O) groups is 2. The molecule has 29 heavy (non-hydrogen) atoms. The van der Waals surface area contributed by atoms with Gasteiger partial charge in [-0.25, -0.2) is 4.79 Å². The van der Waals surface area contributed by atoms with Crippen LogP contribution in [0.15, 0.2) is 35.5 Å². The lowest BCUT2D eigenvalue weighted by molar-refractivity contribution is -0.182. The maximum atomic E-state index is 13.0. The first-order valence-electron chi connectivity index (χ1n) is 10.2. The number of hydrogen-bond donors (Lipinski definition) is 2. The zero-order valence-electron chi connectivity index (χ0n) is 16.9. The summed E-state index contributed by atoms with van der Waals surface area (Å²) >= 11 is 0. The third-order valence-corrected chi connectivity index (χ3v) is 7.51. The Hall–Kier alpha value is -2.38. The monoisotopic (exact) mass is 398 g/mol. The molecule has 1 spiro atoms. The van der Waals surface area contributed by atoms with E-state index in [1.807, 2.05) is 18.2 Å². The summed E-state index contributed by atoms with van der Waals surface area (Å²) in [4.78, 5) is 26.9. The summed E-state index contributed by atoms with van der Waals surface area (Å²) in [6.07, 6.45) is 0.733. The molecule has 1 aromatic rings. The van der Waals surface area contributed by atoms with Gasteiger partial charge in [0.05, 0.1) is 18.1 Å². The zero-order valence-corrected chi connectivity index (χ0v) is 16.9. The number of fused-ring (bicyclic) bond motifs is 2. The molecule has 4 aliphatic rings. The molecule has 3 heterocycles. The molecule has 5 atom stereocenters. The number of esters is 2. The number of methoxy groups -OCH3 is 1.